The fraction of sp³-hybridized carbons (Fsp3) is 0.400. The Morgan fingerprint density at radius 2 is 1.68 bits per heavy atom. The predicted octanol–water partition coefficient (Wildman–Crippen LogP) is 3.94. The number of hydrogen-bond acceptors (Lipinski definition) is 4. The third-order valence-corrected chi connectivity index (χ3v) is 4.33. The average molecular weight is 427 g/mol. The summed E-state index contributed by atoms with van der Waals surface area (Å²) in [5.41, 5.74) is 8.26. The molecular formula is C20H28Cl2N4O2. The number of hydrogen-bond donors (Lipinski definition) is 1. The predicted molar refractivity (Wildman–Crippen MR) is 115 cm³/mol. The molecule has 2 aromatic heterocycles. The van der Waals surface area contributed by atoms with E-state index in [2.05, 4.69) is 9.97 Å². The minimum Gasteiger partial charge on any atom is -0.366 e. The second kappa shape index (κ2) is 13.1. The van der Waals surface area contributed by atoms with Crippen LogP contribution in [0.25, 0.3) is 0 Å². The molecule has 2 aromatic rings. The number of nitrogens with two attached hydrogens (primary N) is 1. The first-order valence-corrected chi connectivity index (χ1v) is 9.44. The standard InChI is InChI=1S/C10H13ClN2O.C10H14N2O.ClH/c1-3-13(4-2)10(14)8-5-6-9(11)12-7-8;1-3-7-5-6-12-8(4-2)9(7)10(11)13;/h5-7H,3-4H2,1-2H3;5-6H,3-4H2,1-2H3,(H2,11,13);1H. The van der Waals surface area contributed by atoms with E-state index in [1.165, 1.54) is 6.20 Å². The summed E-state index contributed by atoms with van der Waals surface area (Å²) >= 11 is 5.63. The van der Waals surface area contributed by atoms with Gasteiger partial charge in [-0.05, 0) is 50.5 Å². The van der Waals surface area contributed by atoms with Crippen molar-refractivity contribution in [1.29, 1.82) is 0 Å². The lowest BCUT2D eigenvalue weighted by atomic mass is 10.0. The highest BCUT2D eigenvalue weighted by atomic mass is 35.5. The zero-order chi connectivity index (χ0) is 20.4. The van der Waals surface area contributed by atoms with E-state index in [9.17, 15) is 9.59 Å². The molecule has 2 rings (SSSR count). The SMILES string of the molecule is CCN(CC)C(=O)c1ccc(Cl)nc1.CCc1ccnc(CC)c1C(N)=O.Cl. The first-order valence-electron chi connectivity index (χ1n) is 9.06. The minimum atomic E-state index is -0.373. The molecule has 0 saturated carbocycles. The van der Waals surface area contributed by atoms with Crippen molar-refractivity contribution in [2.45, 2.75) is 40.5 Å². The second-order valence-electron chi connectivity index (χ2n) is 5.71. The molecule has 0 aliphatic carbocycles. The van der Waals surface area contributed by atoms with Gasteiger partial charge in [-0.15, -0.1) is 12.4 Å². The van der Waals surface area contributed by atoms with Crippen molar-refractivity contribution in [1.82, 2.24) is 14.9 Å². The maximum Gasteiger partial charge on any atom is 0.255 e. The Balaban J connectivity index is 0.000000504. The number of nitrogens with zero attached hydrogens (tertiary/aromatic N) is 3. The van der Waals surface area contributed by atoms with Crippen molar-refractivity contribution >= 4 is 35.8 Å². The molecular weight excluding hydrogens is 399 g/mol. The molecule has 0 aliphatic heterocycles. The van der Waals surface area contributed by atoms with E-state index in [0.29, 0.717) is 29.4 Å². The highest BCUT2D eigenvalue weighted by Gasteiger charge is 2.12. The van der Waals surface area contributed by atoms with E-state index in [4.69, 9.17) is 17.3 Å². The summed E-state index contributed by atoms with van der Waals surface area (Å²) in [5.74, 6) is -0.374. The van der Waals surface area contributed by atoms with Gasteiger partial charge in [-0.3, -0.25) is 14.6 Å². The van der Waals surface area contributed by atoms with Gasteiger partial charge >= 0.3 is 0 Å². The van der Waals surface area contributed by atoms with Gasteiger partial charge in [0, 0.05) is 25.5 Å². The number of halogens is 2. The van der Waals surface area contributed by atoms with Crippen LogP contribution < -0.4 is 5.73 Å². The summed E-state index contributed by atoms with van der Waals surface area (Å²) in [6.07, 6.45) is 4.78. The number of aromatic nitrogens is 2. The third kappa shape index (κ3) is 7.09. The van der Waals surface area contributed by atoms with Gasteiger partial charge in [-0.2, -0.15) is 0 Å². The van der Waals surface area contributed by atoms with Crippen LogP contribution in [0.5, 0.6) is 0 Å². The topological polar surface area (TPSA) is 89.2 Å². The van der Waals surface area contributed by atoms with E-state index in [-0.39, 0.29) is 24.2 Å². The van der Waals surface area contributed by atoms with Crippen LogP contribution in [0.4, 0.5) is 0 Å². The molecule has 0 aromatic carbocycles. The lowest BCUT2D eigenvalue weighted by Gasteiger charge is -2.18. The Kier molecular flexibility index (Phi) is 12.1. The molecule has 2 heterocycles. The van der Waals surface area contributed by atoms with Gasteiger partial charge in [0.05, 0.1) is 16.8 Å². The molecule has 6 nitrogen and oxygen atoms in total. The third-order valence-electron chi connectivity index (χ3n) is 4.10. The maximum atomic E-state index is 11.8. The molecule has 0 bridgehead atoms. The number of aryl methyl sites for hydroxylation is 2. The van der Waals surface area contributed by atoms with Crippen LogP contribution in [0, 0.1) is 0 Å². The lowest BCUT2D eigenvalue weighted by Crippen LogP contribution is -2.30. The van der Waals surface area contributed by atoms with Crippen molar-refractivity contribution in [2.24, 2.45) is 5.73 Å². The van der Waals surface area contributed by atoms with Gasteiger partial charge in [0.15, 0.2) is 0 Å². The molecule has 28 heavy (non-hydrogen) atoms. The van der Waals surface area contributed by atoms with Gasteiger partial charge < -0.3 is 10.6 Å². The first-order chi connectivity index (χ1) is 12.9. The number of primary amides is 1. The molecule has 8 heteroatoms. The van der Waals surface area contributed by atoms with Crippen LogP contribution in [0.1, 0.15) is 59.7 Å². The van der Waals surface area contributed by atoms with Crippen LogP contribution in [-0.4, -0.2) is 39.8 Å². The lowest BCUT2D eigenvalue weighted by molar-refractivity contribution is 0.0772. The summed E-state index contributed by atoms with van der Waals surface area (Å²) < 4.78 is 0. The number of carbonyl (C=O) groups is 2. The fourth-order valence-corrected chi connectivity index (χ4v) is 2.72. The maximum absolute atomic E-state index is 11.8. The summed E-state index contributed by atoms with van der Waals surface area (Å²) in [6.45, 7) is 9.28. The summed E-state index contributed by atoms with van der Waals surface area (Å²) in [5, 5.41) is 0.404. The second-order valence-corrected chi connectivity index (χ2v) is 6.10. The Morgan fingerprint density at radius 1 is 1.04 bits per heavy atom. The summed E-state index contributed by atoms with van der Waals surface area (Å²) in [4.78, 5) is 32.6. The quantitative estimate of drug-likeness (QED) is 0.707. The smallest absolute Gasteiger partial charge is 0.255 e. The highest BCUT2D eigenvalue weighted by Crippen LogP contribution is 2.13. The van der Waals surface area contributed by atoms with Crippen LogP contribution in [0.15, 0.2) is 30.6 Å². The molecule has 0 saturated heterocycles. The molecule has 2 amide bonds. The van der Waals surface area contributed by atoms with E-state index < -0.39 is 0 Å². The van der Waals surface area contributed by atoms with Gasteiger partial charge in [-0.1, -0.05) is 25.4 Å². The molecule has 0 spiro atoms. The number of pyridine rings is 2. The zero-order valence-corrected chi connectivity index (χ0v) is 18.3. The highest BCUT2D eigenvalue weighted by molar-refractivity contribution is 6.29. The molecule has 2 N–H and O–H groups in total. The van der Waals surface area contributed by atoms with E-state index >= 15 is 0 Å². The van der Waals surface area contributed by atoms with Gasteiger partial charge in [0.25, 0.3) is 11.8 Å². The van der Waals surface area contributed by atoms with Gasteiger partial charge in [0.2, 0.25) is 0 Å². The summed E-state index contributed by atoms with van der Waals surface area (Å²) in [6, 6.07) is 5.16. The van der Waals surface area contributed by atoms with Crippen molar-refractivity contribution < 1.29 is 9.59 Å². The normalized spacial score (nSPS) is 9.61. The van der Waals surface area contributed by atoms with Gasteiger partial charge in [0.1, 0.15) is 5.15 Å². The van der Waals surface area contributed by atoms with Crippen molar-refractivity contribution in [3.05, 3.63) is 58.1 Å². The fourth-order valence-electron chi connectivity index (χ4n) is 2.61. The monoisotopic (exact) mass is 426 g/mol. The largest absolute Gasteiger partial charge is 0.366 e. The summed E-state index contributed by atoms with van der Waals surface area (Å²) in [7, 11) is 0. The number of rotatable bonds is 6. The Bertz CT molecular complexity index is 741. The molecule has 0 radical (unpaired) electrons. The zero-order valence-electron chi connectivity index (χ0n) is 16.7. The molecule has 0 fully saturated rings. The molecule has 0 aliphatic rings. The molecule has 0 unspecified atom stereocenters. The number of amides is 2. The Hall–Kier alpha value is -2.18. The van der Waals surface area contributed by atoms with Crippen LogP contribution >= 0.6 is 24.0 Å². The molecule has 154 valence electrons. The Labute approximate surface area is 177 Å². The minimum absolute atomic E-state index is 0. The van der Waals surface area contributed by atoms with Crippen molar-refractivity contribution in [2.75, 3.05) is 13.1 Å². The average Bonchev–Trinajstić information content (AvgIpc) is 2.69. The van der Waals surface area contributed by atoms with Crippen molar-refractivity contribution in [3.63, 3.8) is 0 Å². The van der Waals surface area contributed by atoms with Crippen molar-refractivity contribution in [3.8, 4) is 0 Å². The van der Waals surface area contributed by atoms with E-state index in [0.717, 1.165) is 24.1 Å². The number of carbonyl (C=O) groups excluding carboxylic acids is 2. The van der Waals surface area contributed by atoms with E-state index in [1.54, 1.807) is 23.2 Å². The molecule has 0 atom stereocenters. The van der Waals surface area contributed by atoms with Crippen LogP contribution in [-0.2, 0) is 12.8 Å². The van der Waals surface area contributed by atoms with Gasteiger partial charge in [-0.25, -0.2) is 4.98 Å². The first kappa shape index (κ1) is 25.8. The van der Waals surface area contributed by atoms with Crippen LogP contribution in [0.2, 0.25) is 5.15 Å². The van der Waals surface area contributed by atoms with E-state index in [1.807, 2.05) is 33.8 Å². The Morgan fingerprint density at radius 3 is 2.11 bits per heavy atom. The van der Waals surface area contributed by atoms with Crippen LogP contribution in [0.3, 0.4) is 0 Å².